The lowest BCUT2D eigenvalue weighted by atomic mass is 9.93. The minimum Gasteiger partial charge on any atom is -0.350 e. The van der Waals surface area contributed by atoms with E-state index in [-0.39, 0.29) is 5.91 Å². The molecule has 118 valence electrons. The van der Waals surface area contributed by atoms with Gasteiger partial charge in [0.15, 0.2) is 0 Å². The Labute approximate surface area is 137 Å². The molecular formula is C17H27BrN2O. The zero-order valence-electron chi connectivity index (χ0n) is 13.7. The van der Waals surface area contributed by atoms with Crippen molar-refractivity contribution in [3.63, 3.8) is 0 Å². The van der Waals surface area contributed by atoms with Gasteiger partial charge in [-0.15, -0.1) is 0 Å². The van der Waals surface area contributed by atoms with Crippen LogP contribution in [0.4, 0.5) is 0 Å². The molecule has 0 radical (unpaired) electrons. The monoisotopic (exact) mass is 354 g/mol. The third kappa shape index (κ3) is 5.11. The van der Waals surface area contributed by atoms with Crippen LogP contribution in [0.1, 0.15) is 42.6 Å². The first-order valence-corrected chi connectivity index (χ1v) is 8.40. The van der Waals surface area contributed by atoms with Crippen LogP contribution in [0.25, 0.3) is 0 Å². The lowest BCUT2D eigenvalue weighted by Crippen LogP contribution is -2.44. The standard InChI is InChI=1S/C17H27BrN2O/c1-6-13(7-2)16(20(4)5)11-19-17(21)14-9-8-12(3)10-15(14)18/h8-10,13,16H,6-7,11H2,1-5H3,(H,19,21). The predicted molar refractivity (Wildman–Crippen MR) is 92.8 cm³/mol. The normalized spacial score (nSPS) is 12.8. The molecule has 1 amide bonds. The summed E-state index contributed by atoms with van der Waals surface area (Å²) in [6, 6.07) is 6.17. The van der Waals surface area contributed by atoms with E-state index < -0.39 is 0 Å². The number of hydrogen-bond donors (Lipinski definition) is 1. The predicted octanol–water partition coefficient (Wildman–Crippen LogP) is 3.85. The van der Waals surface area contributed by atoms with Gasteiger partial charge in [0.05, 0.1) is 5.56 Å². The van der Waals surface area contributed by atoms with Crippen molar-refractivity contribution >= 4 is 21.8 Å². The molecule has 21 heavy (non-hydrogen) atoms. The van der Waals surface area contributed by atoms with Gasteiger partial charge in [-0.3, -0.25) is 4.79 Å². The second-order valence-electron chi connectivity index (χ2n) is 5.80. The number of nitrogens with zero attached hydrogens (tertiary/aromatic N) is 1. The Bertz CT molecular complexity index is 470. The summed E-state index contributed by atoms with van der Waals surface area (Å²) in [6.07, 6.45) is 2.26. The Hall–Kier alpha value is -0.870. The second-order valence-corrected chi connectivity index (χ2v) is 6.66. The lowest BCUT2D eigenvalue weighted by molar-refractivity contribution is 0.0928. The highest BCUT2D eigenvalue weighted by Crippen LogP contribution is 2.19. The highest BCUT2D eigenvalue weighted by atomic mass is 79.9. The van der Waals surface area contributed by atoms with Crippen molar-refractivity contribution in [3.8, 4) is 0 Å². The summed E-state index contributed by atoms with van der Waals surface area (Å²) in [7, 11) is 4.16. The summed E-state index contributed by atoms with van der Waals surface area (Å²) in [6.45, 7) is 7.12. The molecule has 3 nitrogen and oxygen atoms in total. The molecule has 0 heterocycles. The smallest absolute Gasteiger partial charge is 0.252 e. The first kappa shape index (κ1) is 18.2. The van der Waals surface area contributed by atoms with Crippen molar-refractivity contribution in [3.05, 3.63) is 33.8 Å². The van der Waals surface area contributed by atoms with Crippen LogP contribution in [-0.2, 0) is 0 Å². The van der Waals surface area contributed by atoms with E-state index in [1.807, 2.05) is 25.1 Å². The number of carbonyl (C=O) groups is 1. The van der Waals surface area contributed by atoms with Gasteiger partial charge < -0.3 is 10.2 Å². The van der Waals surface area contributed by atoms with Crippen molar-refractivity contribution in [2.75, 3.05) is 20.6 Å². The first-order valence-electron chi connectivity index (χ1n) is 7.61. The Morgan fingerprint density at radius 3 is 2.38 bits per heavy atom. The third-order valence-corrected chi connectivity index (χ3v) is 4.75. The molecular weight excluding hydrogens is 328 g/mol. The van der Waals surface area contributed by atoms with Gasteiger partial charge in [-0.05, 0) is 60.6 Å². The maximum absolute atomic E-state index is 12.3. The van der Waals surface area contributed by atoms with Crippen molar-refractivity contribution in [2.24, 2.45) is 5.92 Å². The number of aryl methyl sites for hydroxylation is 1. The van der Waals surface area contributed by atoms with Crippen LogP contribution in [0, 0.1) is 12.8 Å². The number of amides is 1. The first-order chi connectivity index (χ1) is 9.90. The maximum Gasteiger partial charge on any atom is 0.252 e. The highest BCUT2D eigenvalue weighted by molar-refractivity contribution is 9.10. The Morgan fingerprint density at radius 1 is 1.29 bits per heavy atom. The fourth-order valence-corrected chi connectivity index (χ4v) is 3.37. The second kappa shape index (κ2) is 8.54. The molecule has 0 spiro atoms. The molecule has 0 aliphatic heterocycles. The number of rotatable bonds is 7. The fraction of sp³-hybridized carbons (Fsp3) is 0.588. The number of nitrogens with one attached hydrogen (secondary N) is 1. The van der Waals surface area contributed by atoms with E-state index in [0.717, 1.165) is 22.9 Å². The van der Waals surface area contributed by atoms with E-state index in [1.165, 1.54) is 0 Å². The topological polar surface area (TPSA) is 32.3 Å². The summed E-state index contributed by atoms with van der Waals surface area (Å²) in [5, 5.41) is 3.08. The Kier molecular flexibility index (Phi) is 7.40. The molecule has 0 aliphatic rings. The third-order valence-electron chi connectivity index (χ3n) is 4.10. The molecule has 0 bridgehead atoms. The molecule has 4 heteroatoms. The van der Waals surface area contributed by atoms with Gasteiger partial charge in [-0.1, -0.05) is 32.8 Å². The zero-order chi connectivity index (χ0) is 16.0. The van der Waals surface area contributed by atoms with Crippen LogP contribution in [0.5, 0.6) is 0 Å². The average Bonchev–Trinajstić information content (AvgIpc) is 2.42. The number of carbonyl (C=O) groups excluding carboxylic acids is 1. The summed E-state index contributed by atoms with van der Waals surface area (Å²) < 4.78 is 0.851. The van der Waals surface area contributed by atoms with Crippen molar-refractivity contribution < 1.29 is 4.79 Å². The van der Waals surface area contributed by atoms with E-state index in [9.17, 15) is 4.79 Å². The minimum absolute atomic E-state index is 0.0142. The van der Waals surface area contributed by atoms with Crippen LogP contribution in [-0.4, -0.2) is 37.5 Å². The molecule has 0 saturated carbocycles. The lowest BCUT2D eigenvalue weighted by Gasteiger charge is -2.31. The molecule has 1 aromatic rings. The largest absolute Gasteiger partial charge is 0.350 e. The summed E-state index contributed by atoms with van der Waals surface area (Å²) in [5.41, 5.74) is 1.84. The van der Waals surface area contributed by atoms with Gasteiger partial charge in [0.1, 0.15) is 0 Å². The van der Waals surface area contributed by atoms with E-state index in [1.54, 1.807) is 0 Å². The van der Waals surface area contributed by atoms with Crippen LogP contribution >= 0.6 is 15.9 Å². The molecule has 0 fully saturated rings. The molecule has 0 saturated heterocycles. The Morgan fingerprint density at radius 2 is 1.90 bits per heavy atom. The minimum atomic E-state index is -0.0142. The maximum atomic E-state index is 12.3. The van der Waals surface area contributed by atoms with Gasteiger partial charge >= 0.3 is 0 Å². The summed E-state index contributed by atoms with van der Waals surface area (Å²) >= 11 is 3.47. The quantitative estimate of drug-likeness (QED) is 0.806. The number of halogens is 1. The molecule has 0 aliphatic carbocycles. The van der Waals surface area contributed by atoms with E-state index in [2.05, 4.69) is 54.1 Å². The van der Waals surface area contributed by atoms with Gasteiger partial charge in [-0.2, -0.15) is 0 Å². The number of benzene rings is 1. The van der Waals surface area contributed by atoms with Crippen molar-refractivity contribution in [2.45, 2.75) is 39.7 Å². The van der Waals surface area contributed by atoms with Crippen LogP contribution < -0.4 is 5.32 Å². The molecule has 1 unspecified atom stereocenters. The number of likely N-dealkylation sites (N-methyl/N-ethyl adjacent to an activating group) is 1. The van der Waals surface area contributed by atoms with Gasteiger partial charge in [0.25, 0.3) is 5.91 Å². The molecule has 1 rings (SSSR count). The van der Waals surface area contributed by atoms with Crippen molar-refractivity contribution in [1.29, 1.82) is 0 Å². The van der Waals surface area contributed by atoms with Gasteiger partial charge in [0.2, 0.25) is 0 Å². The number of hydrogen-bond acceptors (Lipinski definition) is 2. The van der Waals surface area contributed by atoms with Crippen LogP contribution in [0.3, 0.4) is 0 Å². The average molecular weight is 355 g/mol. The molecule has 1 atom stereocenters. The summed E-state index contributed by atoms with van der Waals surface area (Å²) in [4.78, 5) is 14.6. The molecule has 0 aromatic heterocycles. The molecule has 1 aromatic carbocycles. The van der Waals surface area contributed by atoms with Crippen molar-refractivity contribution in [1.82, 2.24) is 10.2 Å². The van der Waals surface area contributed by atoms with Gasteiger partial charge in [-0.25, -0.2) is 0 Å². The highest BCUT2D eigenvalue weighted by Gasteiger charge is 2.21. The van der Waals surface area contributed by atoms with E-state index in [4.69, 9.17) is 0 Å². The van der Waals surface area contributed by atoms with E-state index >= 15 is 0 Å². The summed E-state index contributed by atoms with van der Waals surface area (Å²) in [5.74, 6) is 0.585. The zero-order valence-corrected chi connectivity index (χ0v) is 15.3. The Balaban J connectivity index is 2.73. The van der Waals surface area contributed by atoms with Crippen LogP contribution in [0.15, 0.2) is 22.7 Å². The van der Waals surface area contributed by atoms with E-state index in [0.29, 0.717) is 24.1 Å². The van der Waals surface area contributed by atoms with Gasteiger partial charge in [0, 0.05) is 17.1 Å². The van der Waals surface area contributed by atoms with Crippen LogP contribution in [0.2, 0.25) is 0 Å². The molecule has 1 N–H and O–H groups in total. The fourth-order valence-electron chi connectivity index (χ4n) is 2.70. The SMILES string of the molecule is CCC(CC)C(CNC(=O)c1ccc(C)cc1Br)N(C)C.